The van der Waals surface area contributed by atoms with E-state index in [9.17, 15) is 18.0 Å². The Labute approximate surface area is 236 Å². The Kier molecular flexibility index (Phi) is 11.5. The number of ether oxygens (including phenoxy) is 1. The van der Waals surface area contributed by atoms with Crippen LogP contribution in [0, 0.1) is 17.9 Å². The van der Waals surface area contributed by atoms with Crippen LogP contribution in [0.15, 0.2) is 36.5 Å². The predicted octanol–water partition coefficient (Wildman–Crippen LogP) is 3.20. The number of rotatable bonds is 10. The minimum atomic E-state index is -4.37. The van der Waals surface area contributed by atoms with Gasteiger partial charge in [0.2, 0.25) is 0 Å². The quantitative estimate of drug-likeness (QED) is 0.164. The molecule has 1 aliphatic rings. The number of benzene rings is 1. The number of piperidine rings is 1. The molecule has 3 aromatic rings. The molecule has 4 rings (SSSR count). The van der Waals surface area contributed by atoms with Crippen molar-refractivity contribution in [3.63, 3.8) is 0 Å². The van der Waals surface area contributed by atoms with Crippen LogP contribution in [0.25, 0.3) is 10.9 Å². The van der Waals surface area contributed by atoms with Gasteiger partial charge in [0, 0.05) is 49.1 Å². The molecule has 224 valence electrons. The van der Waals surface area contributed by atoms with Gasteiger partial charge in [-0.3, -0.25) is 4.68 Å². The summed E-state index contributed by atoms with van der Waals surface area (Å²) in [5.41, 5.74) is 7.03. The van der Waals surface area contributed by atoms with E-state index < -0.39 is 18.7 Å². The average Bonchev–Trinajstić information content (AvgIpc) is 3.54. The molecule has 1 aromatic carbocycles. The maximum Gasteiger partial charge on any atom is 0.406 e. The lowest BCUT2D eigenvalue weighted by molar-refractivity contribution is -0.140. The smallest absolute Gasteiger partial charge is 0.406 e. The number of hydrogen-bond acceptors (Lipinski definition) is 7. The molecule has 5 N–H and O–H groups in total. The van der Waals surface area contributed by atoms with E-state index >= 15 is 0 Å². The fourth-order valence-corrected chi connectivity index (χ4v) is 5.00. The molecule has 1 aliphatic heterocycles. The average molecular weight is 579 g/mol. The Bertz CT molecular complexity index is 1340. The number of carboxylic acid groups (broad SMARTS) is 1. The number of carbonyl (C=O) groups is 1. The molecule has 2 unspecified atom stereocenters. The van der Waals surface area contributed by atoms with E-state index in [1.165, 1.54) is 16.9 Å². The number of aliphatic hydroxyl groups excluding tert-OH is 1. The predicted molar refractivity (Wildman–Crippen MR) is 149 cm³/mol. The Morgan fingerprint density at radius 1 is 1.29 bits per heavy atom. The highest BCUT2D eigenvalue weighted by atomic mass is 19.4. The van der Waals surface area contributed by atoms with Gasteiger partial charge in [-0.25, -0.2) is 4.79 Å². The number of fused-ring (bicyclic) bond motifs is 1. The molecule has 0 aliphatic carbocycles. The topological polar surface area (TPSA) is 131 Å². The number of nitrogens with one attached hydrogen (secondary N) is 1. The summed E-state index contributed by atoms with van der Waals surface area (Å²) in [5.74, 6) is 1.97. The summed E-state index contributed by atoms with van der Waals surface area (Å²) in [6.45, 7) is 4.02. The normalized spacial score (nSPS) is 17.4. The van der Waals surface area contributed by atoms with Crippen molar-refractivity contribution in [1.29, 1.82) is 0 Å². The standard InChI is InChI=1S/C22H29F3N4O2.C6H8N2O2/c1-28-9-6-19(16(14-28)7-11-31-12-10-30)27-20-3-2-4-21-18(20)13-17(5-8-26)29(21)15-22(23,24)25;1-2-8-5(6(9)10)3-4-7-8/h2-4,13,16,19,27,30H,6-7,9-12,14-15,26H2,1H3;3-4H,2H2,1H3,(H,9,10). The van der Waals surface area contributed by atoms with E-state index in [0.29, 0.717) is 36.6 Å². The zero-order valence-corrected chi connectivity index (χ0v) is 23.2. The summed E-state index contributed by atoms with van der Waals surface area (Å²) >= 11 is 0. The van der Waals surface area contributed by atoms with Crippen LogP contribution in [-0.4, -0.2) is 87.6 Å². The van der Waals surface area contributed by atoms with Gasteiger partial charge in [0.05, 0.1) is 24.4 Å². The minimum Gasteiger partial charge on any atom is -0.477 e. The number of anilines is 1. The van der Waals surface area contributed by atoms with Crippen LogP contribution in [-0.2, 0) is 17.8 Å². The van der Waals surface area contributed by atoms with Crippen molar-refractivity contribution in [1.82, 2.24) is 19.2 Å². The highest BCUT2D eigenvalue weighted by Crippen LogP contribution is 2.32. The second-order valence-electron chi connectivity index (χ2n) is 9.76. The van der Waals surface area contributed by atoms with E-state index in [1.54, 1.807) is 18.2 Å². The lowest BCUT2D eigenvalue weighted by atomic mass is 9.89. The summed E-state index contributed by atoms with van der Waals surface area (Å²) in [6.07, 6.45) is -1.14. The van der Waals surface area contributed by atoms with Gasteiger partial charge >= 0.3 is 12.1 Å². The van der Waals surface area contributed by atoms with Crippen molar-refractivity contribution >= 4 is 22.6 Å². The van der Waals surface area contributed by atoms with Gasteiger partial charge in [0.25, 0.3) is 0 Å². The first-order valence-corrected chi connectivity index (χ1v) is 13.4. The Morgan fingerprint density at radius 3 is 2.71 bits per heavy atom. The molecule has 2 aromatic heterocycles. The van der Waals surface area contributed by atoms with E-state index in [4.69, 9.17) is 20.7 Å². The number of alkyl halides is 3. The lowest BCUT2D eigenvalue weighted by Gasteiger charge is -2.38. The third-order valence-electron chi connectivity index (χ3n) is 6.87. The SMILES string of the molecule is CCn1nccc1C(=O)O.CN1CCC(Nc2cccc3c2cc(C#CN)n3CC(F)(F)F)C(CCOCCO)C1. The fourth-order valence-electron chi connectivity index (χ4n) is 5.00. The number of nitrogens with two attached hydrogens (primary N) is 1. The second-order valence-corrected chi connectivity index (χ2v) is 9.76. The molecular formula is C28H37F3N6O4. The number of hydrogen-bond donors (Lipinski definition) is 4. The molecule has 1 fully saturated rings. The molecule has 3 heterocycles. The zero-order chi connectivity index (χ0) is 30.0. The molecule has 10 nitrogen and oxygen atoms in total. The number of aryl methyl sites for hydroxylation is 1. The van der Waals surface area contributed by atoms with Gasteiger partial charge in [-0.2, -0.15) is 18.3 Å². The molecule has 0 saturated carbocycles. The van der Waals surface area contributed by atoms with Crippen LogP contribution < -0.4 is 11.1 Å². The van der Waals surface area contributed by atoms with E-state index in [-0.39, 0.29) is 24.0 Å². The van der Waals surface area contributed by atoms with E-state index in [0.717, 1.165) is 36.2 Å². The largest absolute Gasteiger partial charge is 0.477 e. The molecule has 1 saturated heterocycles. The van der Waals surface area contributed by atoms with Gasteiger partial charge in [-0.05, 0) is 69.5 Å². The Morgan fingerprint density at radius 2 is 2.07 bits per heavy atom. The van der Waals surface area contributed by atoms with Crippen LogP contribution in [0.4, 0.5) is 18.9 Å². The van der Waals surface area contributed by atoms with Crippen LogP contribution in [0.1, 0.15) is 35.9 Å². The molecule has 0 spiro atoms. The van der Waals surface area contributed by atoms with Crippen molar-refractivity contribution in [2.75, 3.05) is 45.3 Å². The molecule has 13 heteroatoms. The zero-order valence-electron chi connectivity index (χ0n) is 23.2. The number of nitrogens with zero attached hydrogens (tertiary/aromatic N) is 4. The second kappa shape index (κ2) is 14.8. The maximum atomic E-state index is 13.2. The van der Waals surface area contributed by atoms with Crippen LogP contribution in [0.5, 0.6) is 0 Å². The van der Waals surface area contributed by atoms with Crippen molar-refractivity contribution in [2.24, 2.45) is 11.7 Å². The van der Waals surface area contributed by atoms with Gasteiger partial charge in [-0.15, -0.1) is 0 Å². The van der Waals surface area contributed by atoms with Crippen LogP contribution in [0.3, 0.4) is 0 Å². The third kappa shape index (κ3) is 8.88. The molecule has 0 bridgehead atoms. The lowest BCUT2D eigenvalue weighted by Crippen LogP contribution is -2.45. The number of aliphatic hydroxyl groups is 1. The molecule has 41 heavy (non-hydrogen) atoms. The van der Waals surface area contributed by atoms with E-state index in [2.05, 4.69) is 34.3 Å². The first-order valence-electron chi connectivity index (χ1n) is 13.4. The van der Waals surface area contributed by atoms with Gasteiger partial charge in [-0.1, -0.05) is 6.07 Å². The van der Waals surface area contributed by atoms with E-state index in [1.807, 2.05) is 13.0 Å². The summed E-state index contributed by atoms with van der Waals surface area (Å²) in [6, 6.07) is 10.8. The summed E-state index contributed by atoms with van der Waals surface area (Å²) in [4.78, 5) is 12.6. The van der Waals surface area contributed by atoms with Crippen LogP contribution in [0.2, 0.25) is 0 Å². The summed E-state index contributed by atoms with van der Waals surface area (Å²) in [7, 11) is 2.08. The Hall–Kier alpha value is -3.73. The Balaban J connectivity index is 0.000000389. The fraction of sp³-hybridized carbons (Fsp3) is 0.500. The number of aromatic carboxylic acids is 1. The van der Waals surface area contributed by atoms with Gasteiger partial charge in [0.15, 0.2) is 0 Å². The first kappa shape index (κ1) is 31.8. The summed E-state index contributed by atoms with van der Waals surface area (Å²) < 4.78 is 47.5. The highest BCUT2D eigenvalue weighted by molar-refractivity contribution is 5.94. The minimum absolute atomic E-state index is 0.00279. The van der Waals surface area contributed by atoms with Crippen molar-refractivity contribution < 1.29 is 32.9 Å². The number of aromatic nitrogens is 3. The maximum absolute atomic E-state index is 13.2. The molecule has 2 atom stereocenters. The van der Waals surface area contributed by atoms with Gasteiger partial charge < -0.3 is 35.5 Å². The molecular weight excluding hydrogens is 541 g/mol. The van der Waals surface area contributed by atoms with Gasteiger partial charge in [0.1, 0.15) is 12.2 Å². The summed E-state index contributed by atoms with van der Waals surface area (Å²) in [5, 5.41) is 25.5. The highest BCUT2D eigenvalue weighted by Gasteiger charge is 2.31. The van der Waals surface area contributed by atoms with Crippen molar-refractivity contribution in [3.8, 4) is 12.0 Å². The molecule has 0 amide bonds. The first-order chi connectivity index (χ1) is 19.6. The monoisotopic (exact) mass is 578 g/mol. The number of likely N-dealkylation sites (tertiary alicyclic amines) is 1. The van der Waals surface area contributed by atoms with Crippen LogP contribution >= 0.6 is 0 Å². The third-order valence-corrected chi connectivity index (χ3v) is 6.87. The van der Waals surface area contributed by atoms with Crippen molar-refractivity contribution in [2.45, 2.75) is 45.1 Å². The van der Waals surface area contributed by atoms with Crippen molar-refractivity contribution in [3.05, 3.63) is 47.9 Å². The number of carboxylic acids is 1. The number of halogens is 3. The molecule has 0 radical (unpaired) electrons.